The number of hydrogen-bond acceptors (Lipinski definition) is 4. The van der Waals surface area contributed by atoms with E-state index in [-0.39, 0.29) is 4.90 Å². The topological polar surface area (TPSA) is 79.5 Å². The van der Waals surface area contributed by atoms with E-state index in [4.69, 9.17) is 17.0 Å². The number of nitrogens with one attached hydrogen (secondary N) is 3. The first-order valence-corrected chi connectivity index (χ1v) is 11.2. The van der Waals surface area contributed by atoms with Gasteiger partial charge in [-0.2, -0.15) is 0 Å². The van der Waals surface area contributed by atoms with Gasteiger partial charge in [0.15, 0.2) is 5.11 Å². The molecule has 0 fully saturated rings. The van der Waals surface area contributed by atoms with Gasteiger partial charge in [0.25, 0.3) is 10.0 Å². The highest BCUT2D eigenvalue weighted by Crippen LogP contribution is 2.26. The Bertz CT molecular complexity index is 1100. The molecule has 0 unspecified atom stereocenters. The zero-order valence-electron chi connectivity index (χ0n) is 15.3. The number of rotatable bonds is 6. The average Bonchev–Trinajstić information content (AvgIpc) is 2.70. The second-order valence-corrected chi connectivity index (χ2v) is 8.92. The molecule has 0 heterocycles. The van der Waals surface area contributed by atoms with Crippen LogP contribution in [0.4, 0.5) is 17.1 Å². The fourth-order valence-electron chi connectivity index (χ4n) is 2.48. The fourth-order valence-corrected chi connectivity index (χ4v) is 4.05. The molecule has 0 radical (unpaired) electrons. The minimum Gasteiger partial charge on any atom is -0.495 e. The Hall–Kier alpha value is -2.62. The maximum Gasteiger partial charge on any atom is 0.262 e. The highest BCUT2D eigenvalue weighted by Gasteiger charge is 2.16. The Balaban J connectivity index is 1.67. The lowest BCUT2D eigenvalue weighted by atomic mass is 10.3. The van der Waals surface area contributed by atoms with Crippen molar-refractivity contribution in [2.45, 2.75) is 4.90 Å². The smallest absolute Gasteiger partial charge is 0.262 e. The molecular formula is C20H18BrN3O3S2. The van der Waals surface area contributed by atoms with E-state index in [1.807, 2.05) is 24.3 Å². The molecule has 0 aliphatic rings. The van der Waals surface area contributed by atoms with Crippen LogP contribution in [-0.4, -0.2) is 20.6 Å². The first-order valence-electron chi connectivity index (χ1n) is 8.47. The van der Waals surface area contributed by atoms with Gasteiger partial charge >= 0.3 is 0 Å². The van der Waals surface area contributed by atoms with Crippen LogP contribution in [0, 0.1) is 0 Å². The van der Waals surface area contributed by atoms with Gasteiger partial charge in [-0.3, -0.25) is 4.72 Å². The zero-order chi connectivity index (χ0) is 20.9. The Morgan fingerprint density at radius 2 is 1.45 bits per heavy atom. The first-order chi connectivity index (χ1) is 13.9. The molecular weight excluding hydrogens is 474 g/mol. The van der Waals surface area contributed by atoms with Gasteiger partial charge in [-0.15, -0.1) is 0 Å². The van der Waals surface area contributed by atoms with Crippen LogP contribution in [0.5, 0.6) is 5.75 Å². The average molecular weight is 492 g/mol. The molecule has 3 rings (SSSR count). The number of para-hydroxylation sites is 2. The van der Waals surface area contributed by atoms with Crippen molar-refractivity contribution in [3.05, 3.63) is 77.3 Å². The summed E-state index contributed by atoms with van der Waals surface area (Å²) in [6.45, 7) is 0. The Kier molecular flexibility index (Phi) is 6.73. The van der Waals surface area contributed by atoms with Crippen molar-refractivity contribution in [3.63, 3.8) is 0 Å². The van der Waals surface area contributed by atoms with Crippen molar-refractivity contribution in [2.24, 2.45) is 0 Å². The number of hydrogen-bond donors (Lipinski definition) is 3. The minimum absolute atomic E-state index is 0.126. The number of thiocarbonyl (C=S) groups is 1. The van der Waals surface area contributed by atoms with Gasteiger partial charge < -0.3 is 15.4 Å². The number of sulfonamides is 1. The second-order valence-electron chi connectivity index (χ2n) is 5.92. The molecule has 6 nitrogen and oxygen atoms in total. The molecule has 0 aliphatic carbocycles. The normalized spacial score (nSPS) is 10.8. The lowest BCUT2D eigenvalue weighted by molar-refractivity contribution is 0.417. The van der Waals surface area contributed by atoms with Crippen LogP contribution in [0.1, 0.15) is 0 Å². The molecule has 0 aliphatic heterocycles. The maximum absolute atomic E-state index is 12.6. The Morgan fingerprint density at radius 1 is 0.897 bits per heavy atom. The van der Waals surface area contributed by atoms with Crippen LogP contribution in [0.15, 0.2) is 82.2 Å². The highest BCUT2D eigenvalue weighted by molar-refractivity contribution is 9.10. The van der Waals surface area contributed by atoms with Gasteiger partial charge in [-0.25, -0.2) is 8.42 Å². The van der Waals surface area contributed by atoms with E-state index < -0.39 is 10.0 Å². The summed E-state index contributed by atoms with van der Waals surface area (Å²) in [7, 11) is -2.27. The molecule has 3 aromatic rings. The highest BCUT2D eigenvalue weighted by atomic mass is 79.9. The van der Waals surface area contributed by atoms with Crippen molar-refractivity contribution in [1.82, 2.24) is 0 Å². The van der Waals surface area contributed by atoms with Gasteiger partial charge in [0.2, 0.25) is 0 Å². The predicted octanol–water partition coefficient (Wildman–Crippen LogP) is 5.07. The summed E-state index contributed by atoms with van der Waals surface area (Å²) in [6, 6.07) is 20.7. The summed E-state index contributed by atoms with van der Waals surface area (Å²) >= 11 is 8.67. The summed E-state index contributed by atoms with van der Waals surface area (Å²) in [4.78, 5) is 0.126. The molecule has 29 heavy (non-hydrogen) atoms. The summed E-state index contributed by atoms with van der Waals surface area (Å²) in [5.74, 6) is 0.443. The van der Waals surface area contributed by atoms with Crippen LogP contribution < -0.4 is 20.1 Å². The van der Waals surface area contributed by atoms with Crippen molar-refractivity contribution < 1.29 is 13.2 Å². The van der Waals surface area contributed by atoms with Crippen molar-refractivity contribution >= 4 is 60.3 Å². The van der Waals surface area contributed by atoms with Crippen LogP contribution >= 0.6 is 28.1 Å². The molecule has 0 saturated carbocycles. The van der Waals surface area contributed by atoms with Crippen molar-refractivity contribution in [2.75, 3.05) is 22.5 Å². The summed E-state index contributed by atoms with van der Waals surface area (Å²) in [5, 5.41) is 6.49. The number of benzene rings is 3. The molecule has 0 saturated heterocycles. The molecule has 150 valence electrons. The summed E-state index contributed by atoms with van der Waals surface area (Å²) in [5.41, 5.74) is 1.87. The van der Waals surface area contributed by atoms with E-state index in [1.165, 1.54) is 19.2 Å². The second kappa shape index (κ2) is 9.25. The predicted molar refractivity (Wildman–Crippen MR) is 124 cm³/mol. The van der Waals surface area contributed by atoms with Gasteiger partial charge in [-0.05, 0) is 72.9 Å². The SMILES string of the molecule is COc1ccccc1NS(=O)(=O)c1ccc(NC(=S)Nc2ccc(Br)cc2)cc1. The number of methoxy groups -OCH3 is 1. The van der Waals surface area contributed by atoms with E-state index in [0.717, 1.165) is 10.2 Å². The summed E-state index contributed by atoms with van der Waals surface area (Å²) in [6.07, 6.45) is 0. The van der Waals surface area contributed by atoms with E-state index in [0.29, 0.717) is 22.2 Å². The molecule has 9 heteroatoms. The lowest BCUT2D eigenvalue weighted by Crippen LogP contribution is -2.19. The molecule has 0 amide bonds. The number of anilines is 3. The third-order valence-electron chi connectivity index (χ3n) is 3.88. The van der Waals surface area contributed by atoms with Crippen LogP contribution in [0.3, 0.4) is 0 Å². The quantitative estimate of drug-likeness (QED) is 0.417. The minimum atomic E-state index is -3.75. The fraction of sp³-hybridized carbons (Fsp3) is 0.0500. The van der Waals surface area contributed by atoms with E-state index >= 15 is 0 Å². The van der Waals surface area contributed by atoms with Crippen LogP contribution in [-0.2, 0) is 10.0 Å². The Morgan fingerprint density at radius 3 is 2.03 bits per heavy atom. The molecule has 0 spiro atoms. The Labute approximate surface area is 183 Å². The first kappa shape index (κ1) is 21.1. The number of ether oxygens (including phenoxy) is 1. The van der Waals surface area contributed by atoms with Gasteiger partial charge in [-0.1, -0.05) is 28.1 Å². The van der Waals surface area contributed by atoms with Crippen molar-refractivity contribution in [1.29, 1.82) is 0 Å². The zero-order valence-corrected chi connectivity index (χ0v) is 18.6. The van der Waals surface area contributed by atoms with E-state index in [9.17, 15) is 8.42 Å². The number of halogens is 1. The van der Waals surface area contributed by atoms with Crippen LogP contribution in [0.2, 0.25) is 0 Å². The van der Waals surface area contributed by atoms with Gasteiger partial charge in [0.05, 0.1) is 17.7 Å². The maximum atomic E-state index is 12.6. The van der Waals surface area contributed by atoms with Crippen molar-refractivity contribution in [3.8, 4) is 5.75 Å². The van der Waals surface area contributed by atoms with Gasteiger partial charge in [0, 0.05) is 15.8 Å². The molecule has 0 bridgehead atoms. The third-order valence-corrected chi connectivity index (χ3v) is 5.99. The largest absolute Gasteiger partial charge is 0.495 e. The van der Waals surface area contributed by atoms with Crippen LogP contribution in [0.25, 0.3) is 0 Å². The van der Waals surface area contributed by atoms with E-state index in [2.05, 4.69) is 31.3 Å². The van der Waals surface area contributed by atoms with Gasteiger partial charge in [0.1, 0.15) is 5.75 Å². The molecule has 0 atom stereocenters. The monoisotopic (exact) mass is 491 g/mol. The molecule has 3 aromatic carbocycles. The molecule has 0 aromatic heterocycles. The van der Waals surface area contributed by atoms with E-state index in [1.54, 1.807) is 36.4 Å². The summed E-state index contributed by atoms with van der Waals surface area (Å²) < 4.78 is 34.0. The lowest BCUT2D eigenvalue weighted by Gasteiger charge is -2.13. The third kappa shape index (κ3) is 5.69. The molecule has 3 N–H and O–H groups in total. The standard InChI is InChI=1S/C20H18BrN3O3S2/c1-27-19-5-3-2-4-18(19)24-29(25,26)17-12-10-16(11-13-17)23-20(28)22-15-8-6-14(21)7-9-15/h2-13,24H,1H3,(H2,22,23,28).